The van der Waals surface area contributed by atoms with Crippen LogP contribution >= 0.6 is 27.3 Å². The molecular formula is C13H11BrN2S. The molecule has 0 amide bonds. The molecule has 86 valence electrons. The fourth-order valence-corrected chi connectivity index (χ4v) is 2.71. The Morgan fingerprint density at radius 1 is 1.35 bits per heavy atom. The molecule has 2 rings (SSSR count). The van der Waals surface area contributed by atoms with Gasteiger partial charge in [0.05, 0.1) is 18.2 Å². The third-order valence-electron chi connectivity index (χ3n) is 2.50. The van der Waals surface area contributed by atoms with Crippen LogP contribution in [0.5, 0.6) is 0 Å². The molecular weight excluding hydrogens is 296 g/mol. The first-order valence-electron chi connectivity index (χ1n) is 5.20. The van der Waals surface area contributed by atoms with E-state index in [9.17, 15) is 0 Å². The van der Waals surface area contributed by atoms with E-state index in [0.29, 0.717) is 6.42 Å². The number of rotatable bonds is 2. The maximum atomic E-state index is 8.63. The van der Waals surface area contributed by atoms with Gasteiger partial charge in [-0.1, -0.05) is 15.9 Å². The Balaban J connectivity index is 2.43. The first kappa shape index (κ1) is 12.3. The average Bonchev–Trinajstić information content (AvgIpc) is 2.74. The van der Waals surface area contributed by atoms with Crippen molar-refractivity contribution < 1.29 is 0 Å². The molecule has 0 aliphatic rings. The molecule has 1 heterocycles. The number of halogens is 1. The second-order valence-corrected chi connectivity index (χ2v) is 5.55. The Hall–Kier alpha value is -1.18. The van der Waals surface area contributed by atoms with Gasteiger partial charge in [-0.3, -0.25) is 0 Å². The monoisotopic (exact) mass is 306 g/mol. The summed E-state index contributed by atoms with van der Waals surface area (Å²) in [6, 6.07) is 6.35. The Bertz CT molecular complexity index is 573. The van der Waals surface area contributed by atoms with E-state index in [-0.39, 0.29) is 0 Å². The van der Waals surface area contributed by atoms with Gasteiger partial charge in [-0.2, -0.15) is 5.26 Å². The molecule has 0 bridgehead atoms. The first-order chi connectivity index (χ1) is 8.11. The van der Waals surface area contributed by atoms with Gasteiger partial charge in [0, 0.05) is 15.4 Å². The third kappa shape index (κ3) is 2.56. The largest absolute Gasteiger partial charge is 0.240 e. The molecule has 0 spiro atoms. The summed E-state index contributed by atoms with van der Waals surface area (Å²) < 4.78 is 1.15. The minimum Gasteiger partial charge on any atom is -0.240 e. The van der Waals surface area contributed by atoms with Crippen LogP contribution in [0.15, 0.2) is 22.0 Å². The van der Waals surface area contributed by atoms with Crippen LogP contribution in [-0.4, -0.2) is 4.98 Å². The van der Waals surface area contributed by atoms with Gasteiger partial charge in [0.25, 0.3) is 0 Å². The van der Waals surface area contributed by atoms with E-state index in [0.717, 1.165) is 20.7 Å². The first-order valence-corrected chi connectivity index (χ1v) is 6.87. The van der Waals surface area contributed by atoms with Gasteiger partial charge in [-0.05, 0) is 37.1 Å². The molecule has 1 aromatic heterocycles. The van der Waals surface area contributed by atoms with Crippen molar-refractivity contribution in [1.29, 1.82) is 5.26 Å². The Kier molecular flexibility index (Phi) is 3.60. The molecule has 17 heavy (non-hydrogen) atoms. The summed E-state index contributed by atoms with van der Waals surface area (Å²) in [4.78, 5) is 4.46. The molecule has 0 N–H and O–H groups in total. The number of nitriles is 1. The van der Waals surface area contributed by atoms with Crippen molar-refractivity contribution in [3.63, 3.8) is 0 Å². The smallest absolute Gasteiger partial charge is 0.123 e. The van der Waals surface area contributed by atoms with Gasteiger partial charge in [0.15, 0.2) is 0 Å². The standard InChI is InChI=1S/C13H11BrN2S/c1-8-5-10(6-9(2)12(8)14)13-16-11(3-4-15)7-17-13/h5-7H,3H2,1-2H3. The number of aryl methyl sites for hydroxylation is 2. The van der Waals surface area contributed by atoms with Crippen molar-refractivity contribution in [3.8, 4) is 16.6 Å². The predicted octanol–water partition coefficient (Wildman–Crippen LogP) is 4.26. The molecule has 0 aliphatic heterocycles. The molecule has 0 saturated heterocycles. The summed E-state index contributed by atoms with van der Waals surface area (Å²) in [5.74, 6) is 0. The number of hydrogen-bond donors (Lipinski definition) is 0. The molecule has 0 saturated carbocycles. The van der Waals surface area contributed by atoms with Gasteiger partial charge in [-0.25, -0.2) is 4.98 Å². The minimum absolute atomic E-state index is 0.380. The lowest BCUT2D eigenvalue weighted by molar-refractivity contribution is 1.16. The normalized spacial score (nSPS) is 10.2. The minimum atomic E-state index is 0.380. The summed E-state index contributed by atoms with van der Waals surface area (Å²) in [5, 5.41) is 11.6. The zero-order chi connectivity index (χ0) is 12.4. The summed E-state index contributed by atoms with van der Waals surface area (Å²) >= 11 is 5.14. The third-order valence-corrected chi connectivity index (χ3v) is 4.69. The Morgan fingerprint density at radius 2 is 2.00 bits per heavy atom. The number of nitrogens with zero attached hydrogens (tertiary/aromatic N) is 2. The van der Waals surface area contributed by atoms with Crippen molar-refractivity contribution in [3.05, 3.63) is 38.8 Å². The van der Waals surface area contributed by atoms with Crippen LogP contribution in [0.2, 0.25) is 0 Å². The highest BCUT2D eigenvalue weighted by atomic mass is 79.9. The van der Waals surface area contributed by atoms with Gasteiger partial charge >= 0.3 is 0 Å². The zero-order valence-corrected chi connectivity index (χ0v) is 12.0. The SMILES string of the molecule is Cc1cc(-c2nc(CC#N)cs2)cc(C)c1Br. The lowest BCUT2D eigenvalue weighted by Gasteiger charge is -2.05. The quantitative estimate of drug-likeness (QED) is 0.831. The lowest BCUT2D eigenvalue weighted by atomic mass is 10.1. The van der Waals surface area contributed by atoms with Crippen LogP contribution in [0.4, 0.5) is 0 Å². The maximum absolute atomic E-state index is 8.63. The Labute approximate surface area is 113 Å². The number of hydrogen-bond acceptors (Lipinski definition) is 3. The van der Waals surface area contributed by atoms with E-state index < -0.39 is 0 Å². The van der Waals surface area contributed by atoms with Gasteiger partial charge in [-0.15, -0.1) is 11.3 Å². The summed E-state index contributed by atoms with van der Waals surface area (Å²) in [6.07, 6.45) is 0.380. The highest BCUT2D eigenvalue weighted by molar-refractivity contribution is 9.10. The second kappa shape index (κ2) is 4.99. The van der Waals surface area contributed by atoms with Crippen LogP contribution in [0.25, 0.3) is 10.6 Å². The van der Waals surface area contributed by atoms with Crippen LogP contribution in [0, 0.1) is 25.2 Å². The summed E-state index contributed by atoms with van der Waals surface area (Å²) in [7, 11) is 0. The van der Waals surface area contributed by atoms with Crippen molar-refractivity contribution >= 4 is 27.3 Å². The molecule has 0 aliphatic carbocycles. The Morgan fingerprint density at radius 3 is 2.59 bits per heavy atom. The van der Waals surface area contributed by atoms with Crippen molar-refractivity contribution in [2.24, 2.45) is 0 Å². The lowest BCUT2D eigenvalue weighted by Crippen LogP contribution is -1.86. The van der Waals surface area contributed by atoms with Crippen molar-refractivity contribution in [1.82, 2.24) is 4.98 Å². The van der Waals surface area contributed by atoms with E-state index in [1.54, 1.807) is 11.3 Å². The molecule has 0 atom stereocenters. The average molecular weight is 307 g/mol. The molecule has 2 aromatic rings. The van der Waals surface area contributed by atoms with E-state index in [1.165, 1.54) is 11.1 Å². The highest BCUT2D eigenvalue weighted by Gasteiger charge is 2.08. The topological polar surface area (TPSA) is 36.7 Å². The van der Waals surface area contributed by atoms with Gasteiger partial charge < -0.3 is 0 Å². The van der Waals surface area contributed by atoms with Crippen LogP contribution in [0.1, 0.15) is 16.8 Å². The maximum Gasteiger partial charge on any atom is 0.123 e. The second-order valence-electron chi connectivity index (χ2n) is 3.90. The van der Waals surface area contributed by atoms with E-state index in [4.69, 9.17) is 5.26 Å². The molecule has 1 aromatic carbocycles. The highest BCUT2D eigenvalue weighted by Crippen LogP contribution is 2.30. The summed E-state index contributed by atoms with van der Waals surface area (Å²) in [5.41, 5.74) is 4.39. The molecule has 0 unspecified atom stereocenters. The fourth-order valence-electron chi connectivity index (χ4n) is 1.67. The van der Waals surface area contributed by atoms with Gasteiger partial charge in [0.2, 0.25) is 0 Å². The van der Waals surface area contributed by atoms with Gasteiger partial charge in [0.1, 0.15) is 5.01 Å². The predicted molar refractivity (Wildman–Crippen MR) is 74.0 cm³/mol. The zero-order valence-electron chi connectivity index (χ0n) is 9.62. The summed E-state index contributed by atoms with van der Waals surface area (Å²) in [6.45, 7) is 4.15. The number of aromatic nitrogens is 1. The molecule has 4 heteroatoms. The fraction of sp³-hybridized carbons (Fsp3) is 0.231. The van der Waals surface area contributed by atoms with Crippen molar-refractivity contribution in [2.75, 3.05) is 0 Å². The van der Waals surface area contributed by atoms with Crippen LogP contribution in [0.3, 0.4) is 0 Å². The van der Waals surface area contributed by atoms with Crippen LogP contribution < -0.4 is 0 Å². The van der Waals surface area contributed by atoms with Crippen molar-refractivity contribution in [2.45, 2.75) is 20.3 Å². The number of thiazole rings is 1. The van der Waals surface area contributed by atoms with E-state index >= 15 is 0 Å². The number of benzene rings is 1. The van der Waals surface area contributed by atoms with E-state index in [1.807, 2.05) is 5.38 Å². The van der Waals surface area contributed by atoms with Crippen LogP contribution in [-0.2, 0) is 6.42 Å². The molecule has 2 nitrogen and oxygen atoms in total. The molecule has 0 radical (unpaired) electrons. The van der Waals surface area contributed by atoms with E-state index in [2.05, 4.69) is 53.0 Å². The molecule has 0 fully saturated rings.